The van der Waals surface area contributed by atoms with Crippen LogP contribution in [0.15, 0.2) is 31.1 Å². The fourth-order valence-corrected chi connectivity index (χ4v) is 2.87. The number of nitrogens with zero attached hydrogens (tertiary/aromatic N) is 2. The van der Waals surface area contributed by atoms with Crippen molar-refractivity contribution >= 4 is 28.6 Å². The first-order chi connectivity index (χ1) is 11.1. The number of hydrogen-bond acceptors (Lipinski definition) is 4. The van der Waals surface area contributed by atoms with Gasteiger partial charge in [0.05, 0.1) is 17.4 Å². The number of carbonyl (C=O) groups is 2. The van der Waals surface area contributed by atoms with Crippen molar-refractivity contribution in [3.63, 3.8) is 0 Å². The van der Waals surface area contributed by atoms with E-state index in [1.54, 1.807) is 17.2 Å². The third-order valence-electron chi connectivity index (χ3n) is 4.11. The molecule has 1 amide bonds. The van der Waals surface area contributed by atoms with Gasteiger partial charge in [-0.05, 0) is 25.0 Å². The molecule has 3 heterocycles. The van der Waals surface area contributed by atoms with E-state index in [9.17, 15) is 14.7 Å². The van der Waals surface area contributed by atoms with Gasteiger partial charge in [0.15, 0.2) is 0 Å². The molecular weight excluding hydrogens is 296 g/mol. The van der Waals surface area contributed by atoms with Crippen LogP contribution in [0.5, 0.6) is 0 Å². The summed E-state index contributed by atoms with van der Waals surface area (Å²) in [5, 5.41) is 13.1. The normalized spacial score (nSPS) is 15.6. The number of carbonyl (C=O) groups excluding carboxylic acids is 1. The molecule has 0 radical (unpaired) electrons. The van der Waals surface area contributed by atoms with Crippen LogP contribution in [0.25, 0.3) is 11.0 Å². The molecule has 0 saturated carbocycles. The number of fused-ring (bicyclic) bond motifs is 1. The summed E-state index contributed by atoms with van der Waals surface area (Å²) in [5.74, 6) is -1.02. The second kappa shape index (κ2) is 6.12. The Morgan fingerprint density at radius 3 is 2.83 bits per heavy atom. The molecule has 3 rings (SSSR count). The Balaban J connectivity index is 1.70. The van der Waals surface area contributed by atoms with Crippen molar-refractivity contribution in [1.82, 2.24) is 14.9 Å². The summed E-state index contributed by atoms with van der Waals surface area (Å²) in [6.07, 6.45) is 6.13. The van der Waals surface area contributed by atoms with Crippen LogP contribution in [0.3, 0.4) is 0 Å². The Kier molecular flexibility index (Phi) is 4.01. The lowest BCUT2D eigenvalue weighted by Crippen LogP contribution is -2.41. The minimum atomic E-state index is -0.980. The predicted molar refractivity (Wildman–Crippen MR) is 86.5 cm³/mol. The van der Waals surface area contributed by atoms with Gasteiger partial charge in [-0.1, -0.05) is 6.58 Å². The number of amides is 1. The number of aromatic amines is 1. The maximum atomic E-state index is 11.6. The number of hydrogen-bond donors (Lipinski definition) is 3. The summed E-state index contributed by atoms with van der Waals surface area (Å²) in [6.45, 7) is 4.87. The number of nitrogens with one attached hydrogen (secondary N) is 2. The van der Waals surface area contributed by atoms with Crippen LogP contribution in [-0.2, 0) is 4.79 Å². The van der Waals surface area contributed by atoms with E-state index >= 15 is 0 Å². The second-order valence-electron chi connectivity index (χ2n) is 5.58. The molecule has 0 aromatic carbocycles. The molecule has 23 heavy (non-hydrogen) atoms. The van der Waals surface area contributed by atoms with Gasteiger partial charge >= 0.3 is 5.97 Å². The highest BCUT2D eigenvalue weighted by Gasteiger charge is 2.21. The zero-order valence-corrected chi connectivity index (χ0v) is 12.6. The molecule has 7 nitrogen and oxygen atoms in total. The van der Waals surface area contributed by atoms with E-state index in [1.807, 2.05) is 0 Å². The topological polar surface area (TPSA) is 98.3 Å². The molecule has 7 heteroatoms. The maximum Gasteiger partial charge on any atom is 0.337 e. The number of carboxylic acid groups (broad SMARTS) is 1. The zero-order valence-electron chi connectivity index (χ0n) is 12.6. The first-order valence-corrected chi connectivity index (χ1v) is 7.47. The highest BCUT2D eigenvalue weighted by atomic mass is 16.4. The molecule has 0 atom stereocenters. The average molecular weight is 314 g/mol. The van der Waals surface area contributed by atoms with E-state index in [0.717, 1.165) is 18.5 Å². The molecule has 0 spiro atoms. The van der Waals surface area contributed by atoms with E-state index in [-0.39, 0.29) is 17.5 Å². The Morgan fingerprint density at radius 2 is 2.17 bits per heavy atom. The summed E-state index contributed by atoms with van der Waals surface area (Å²) >= 11 is 0. The van der Waals surface area contributed by atoms with Crippen molar-refractivity contribution in [1.29, 1.82) is 0 Å². The number of anilines is 1. The number of aromatic carboxylic acids is 1. The van der Waals surface area contributed by atoms with Gasteiger partial charge < -0.3 is 20.3 Å². The molecule has 120 valence electrons. The van der Waals surface area contributed by atoms with E-state index < -0.39 is 5.97 Å². The molecule has 0 bridgehead atoms. The SMILES string of the molecule is C=CC(=O)N1CCC(Nc2cnc3[nH]cc(C(=O)O)c3c2)CC1. The van der Waals surface area contributed by atoms with Crippen molar-refractivity contribution in [2.45, 2.75) is 18.9 Å². The monoisotopic (exact) mass is 314 g/mol. The van der Waals surface area contributed by atoms with E-state index in [4.69, 9.17) is 0 Å². The number of rotatable bonds is 4. The van der Waals surface area contributed by atoms with Gasteiger partial charge in [-0.2, -0.15) is 0 Å². The second-order valence-corrected chi connectivity index (χ2v) is 5.58. The van der Waals surface area contributed by atoms with Gasteiger partial charge in [0, 0.05) is 30.7 Å². The van der Waals surface area contributed by atoms with E-state index in [1.165, 1.54) is 12.3 Å². The summed E-state index contributed by atoms with van der Waals surface area (Å²) in [5.41, 5.74) is 1.55. The minimum Gasteiger partial charge on any atom is -0.478 e. The van der Waals surface area contributed by atoms with Gasteiger partial charge in [-0.25, -0.2) is 9.78 Å². The van der Waals surface area contributed by atoms with Crippen LogP contribution < -0.4 is 5.32 Å². The third kappa shape index (κ3) is 3.03. The zero-order chi connectivity index (χ0) is 16.4. The number of aromatic nitrogens is 2. The highest BCUT2D eigenvalue weighted by Crippen LogP contribution is 2.22. The number of pyridine rings is 1. The first kappa shape index (κ1) is 15.1. The van der Waals surface area contributed by atoms with Crippen LogP contribution in [0.1, 0.15) is 23.2 Å². The maximum absolute atomic E-state index is 11.6. The van der Waals surface area contributed by atoms with Crippen LogP contribution in [-0.4, -0.2) is 51.0 Å². The van der Waals surface area contributed by atoms with Crippen molar-refractivity contribution < 1.29 is 14.7 Å². The standard InChI is InChI=1S/C16H18N4O3/c1-2-14(21)20-5-3-10(4-6-20)19-11-7-12-13(16(22)23)9-18-15(12)17-8-11/h2,7-10,19H,1,3-6H2,(H,17,18)(H,22,23). The Labute approximate surface area is 133 Å². The lowest BCUT2D eigenvalue weighted by atomic mass is 10.0. The Morgan fingerprint density at radius 1 is 1.43 bits per heavy atom. The highest BCUT2D eigenvalue weighted by molar-refractivity contribution is 6.02. The summed E-state index contributed by atoms with van der Waals surface area (Å²) < 4.78 is 0. The third-order valence-corrected chi connectivity index (χ3v) is 4.11. The van der Waals surface area contributed by atoms with Gasteiger partial charge in [-0.3, -0.25) is 4.79 Å². The molecule has 1 saturated heterocycles. The van der Waals surface area contributed by atoms with Gasteiger partial charge in [0.1, 0.15) is 5.65 Å². The molecular formula is C16H18N4O3. The molecule has 3 N–H and O–H groups in total. The number of H-pyrrole nitrogens is 1. The van der Waals surface area contributed by atoms with Crippen LogP contribution in [0.2, 0.25) is 0 Å². The van der Waals surface area contributed by atoms with E-state index in [2.05, 4.69) is 21.9 Å². The van der Waals surface area contributed by atoms with Gasteiger partial charge in [-0.15, -0.1) is 0 Å². The lowest BCUT2D eigenvalue weighted by Gasteiger charge is -2.32. The van der Waals surface area contributed by atoms with E-state index in [0.29, 0.717) is 24.1 Å². The molecule has 0 unspecified atom stereocenters. The van der Waals surface area contributed by atoms with Crippen molar-refractivity contribution in [3.05, 3.63) is 36.7 Å². The minimum absolute atomic E-state index is 0.0371. The molecule has 1 aliphatic rings. The van der Waals surface area contributed by atoms with Crippen LogP contribution in [0.4, 0.5) is 5.69 Å². The Hall–Kier alpha value is -2.83. The first-order valence-electron chi connectivity index (χ1n) is 7.47. The fourth-order valence-electron chi connectivity index (χ4n) is 2.87. The molecule has 1 aliphatic heterocycles. The number of carboxylic acids is 1. The molecule has 2 aromatic heterocycles. The molecule has 1 fully saturated rings. The van der Waals surface area contributed by atoms with Crippen LogP contribution in [0, 0.1) is 0 Å². The largest absolute Gasteiger partial charge is 0.478 e. The summed E-state index contributed by atoms with van der Waals surface area (Å²) in [4.78, 5) is 31.6. The predicted octanol–water partition coefficient (Wildman–Crippen LogP) is 1.85. The van der Waals surface area contributed by atoms with Crippen molar-refractivity contribution in [2.24, 2.45) is 0 Å². The number of piperidine rings is 1. The number of likely N-dealkylation sites (tertiary alicyclic amines) is 1. The molecule has 0 aliphatic carbocycles. The fraction of sp³-hybridized carbons (Fsp3) is 0.312. The summed E-state index contributed by atoms with van der Waals surface area (Å²) in [7, 11) is 0. The quantitative estimate of drug-likeness (QED) is 0.748. The van der Waals surface area contributed by atoms with Crippen molar-refractivity contribution in [2.75, 3.05) is 18.4 Å². The average Bonchev–Trinajstić information content (AvgIpc) is 2.98. The molecule has 2 aromatic rings. The van der Waals surface area contributed by atoms with Crippen LogP contribution >= 0.6 is 0 Å². The van der Waals surface area contributed by atoms with Gasteiger partial charge in [0.2, 0.25) is 5.91 Å². The van der Waals surface area contributed by atoms with Crippen molar-refractivity contribution in [3.8, 4) is 0 Å². The summed E-state index contributed by atoms with van der Waals surface area (Å²) in [6, 6.07) is 2.03. The Bertz CT molecular complexity index is 760. The lowest BCUT2D eigenvalue weighted by molar-refractivity contribution is -0.126. The smallest absolute Gasteiger partial charge is 0.337 e. The van der Waals surface area contributed by atoms with Gasteiger partial charge in [0.25, 0.3) is 0 Å².